The molecule has 0 atom stereocenters. The van der Waals surface area contributed by atoms with Gasteiger partial charge in [-0.15, -0.1) is 0 Å². The molecule has 0 saturated heterocycles. The van der Waals surface area contributed by atoms with Crippen molar-refractivity contribution in [2.45, 2.75) is 26.7 Å². The number of carbonyl (C=O) groups excluding carboxylic acids is 2. The zero-order chi connectivity index (χ0) is 18.0. The Labute approximate surface area is 152 Å². The van der Waals surface area contributed by atoms with Crippen LogP contribution in [0, 0.1) is 13.8 Å². The number of aryl methyl sites for hydroxylation is 2. The van der Waals surface area contributed by atoms with E-state index in [9.17, 15) is 9.59 Å². The van der Waals surface area contributed by atoms with Crippen molar-refractivity contribution in [3.63, 3.8) is 0 Å². The van der Waals surface area contributed by atoms with Crippen molar-refractivity contribution >= 4 is 11.6 Å². The number of Topliss-reactive ketones (excluding diaryl/α,β-unsaturated/α-hetero) is 2. The minimum Gasteiger partial charge on any atom is -0.294 e. The molecule has 0 radical (unpaired) electrons. The van der Waals surface area contributed by atoms with E-state index in [1.54, 1.807) is 0 Å². The molecule has 2 heteroatoms. The second-order valence-corrected chi connectivity index (χ2v) is 7.46. The second kappa shape index (κ2) is 5.25. The molecule has 0 fully saturated rings. The lowest BCUT2D eigenvalue weighted by Gasteiger charge is -2.25. The normalized spacial score (nSPS) is 14.4. The van der Waals surface area contributed by atoms with Gasteiger partial charge >= 0.3 is 0 Å². The van der Waals surface area contributed by atoms with Gasteiger partial charge in [0.25, 0.3) is 0 Å². The van der Waals surface area contributed by atoms with Crippen LogP contribution in [0.3, 0.4) is 0 Å². The summed E-state index contributed by atoms with van der Waals surface area (Å²) in [5, 5.41) is 0. The molecule has 0 spiro atoms. The molecular weight excluding hydrogens is 320 g/mol. The van der Waals surface area contributed by atoms with Crippen LogP contribution in [0.25, 0.3) is 22.3 Å². The molecule has 2 nitrogen and oxygen atoms in total. The number of hydrogen-bond acceptors (Lipinski definition) is 2. The quantitative estimate of drug-likeness (QED) is 0.570. The van der Waals surface area contributed by atoms with Gasteiger partial charge in [-0.3, -0.25) is 9.59 Å². The van der Waals surface area contributed by atoms with E-state index in [2.05, 4.69) is 36.4 Å². The van der Waals surface area contributed by atoms with Crippen LogP contribution in [0.15, 0.2) is 48.5 Å². The molecule has 0 N–H and O–H groups in total. The Kier molecular flexibility index (Phi) is 3.08. The second-order valence-electron chi connectivity index (χ2n) is 7.46. The number of fused-ring (bicyclic) bond motifs is 6. The van der Waals surface area contributed by atoms with Crippen molar-refractivity contribution in [1.82, 2.24) is 0 Å². The van der Waals surface area contributed by atoms with E-state index in [0.29, 0.717) is 12.8 Å². The fourth-order valence-corrected chi connectivity index (χ4v) is 4.31. The van der Waals surface area contributed by atoms with E-state index < -0.39 is 0 Å². The maximum Gasteiger partial charge on any atom is 0.167 e. The van der Waals surface area contributed by atoms with Gasteiger partial charge in [0.05, 0.1) is 0 Å². The van der Waals surface area contributed by atoms with Gasteiger partial charge in [-0.25, -0.2) is 0 Å². The Bertz CT molecular complexity index is 1040. The summed E-state index contributed by atoms with van der Waals surface area (Å²) in [7, 11) is 0. The van der Waals surface area contributed by atoms with E-state index in [-0.39, 0.29) is 11.6 Å². The topological polar surface area (TPSA) is 34.1 Å². The molecule has 0 aromatic heterocycles. The number of benzene rings is 3. The van der Waals surface area contributed by atoms with Crippen molar-refractivity contribution in [2.75, 3.05) is 0 Å². The Hall–Kier alpha value is -3.00. The van der Waals surface area contributed by atoms with E-state index in [0.717, 1.165) is 55.6 Å². The van der Waals surface area contributed by atoms with Crippen LogP contribution < -0.4 is 0 Å². The summed E-state index contributed by atoms with van der Waals surface area (Å²) in [6.07, 6.45) is 0.856. The molecule has 3 aromatic rings. The number of ketones is 2. The summed E-state index contributed by atoms with van der Waals surface area (Å²) in [6, 6.07) is 16.3. The van der Waals surface area contributed by atoms with Crippen LogP contribution in [-0.2, 0) is 12.8 Å². The third kappa shape index (κ3) is 2.12. The molecule has 5 rings (SSSR count). The Morgan fingerprint density at radius 1 is 0.538 bits per heavy atom. The van der Waals surface area contributed by atoms with Crippen molar-refractivity contribution in [3.05, 3.63) is 81.9 Å². The van der Waals surface area contributed by atoms with Gasteiger partial charge in [-0.1, -0.05) is 47.5 Å². The first kappa shape index (κ1) is 15.3. The number of carbonyl (C=O) groups is 2. The standard InChI is InChI=1S/C24H18O2/c1-13-3-5-17-15(7-13)9-23(25)21-12-20-18-6-4-14(2)8-16(18)10-24(26)22(20)11-19(17)21/h3-8,11-12H,9-10H2,1-2H3. The molecule has 0 heterocycles. The molecule has 2 aliphatic carbocycles. The molecular formula is C24H18O2. The predicted octanol–water partition coefficient (Wildman–Crippen LogP) is 5.12. The Balaban J connectivity index is 1.80. The predicted molar refractivity (Wildman–Crippen MR) is 103 cm³/mol. The highest BCUT2D eigenvalue weighted by atomic mass is 16.1. The van der Waals surface area contributed by atoms with Crippen LogP contribution >= 0.6 is 0 Å². The van der Waals surface area contributed by atoms with Gasteiger partial charge in [0.15, 0.2) is 11.6 Å². The largest absolute Gasteiger partial charge is 0.294 e. The summed E-state index contributed by atoms with van der Waals surface area (Å²) in [5.41, 5.74) is 9.85. The van der Waals surface area contributed by atoms with Crippen LogP contribution in [-0.4, -0.2) is 11.6 Å². The molecule has 0 aliphatic heterocycles. The monoisotopic (exact) mass is 338 g/mol. The summed E-state index contributed by atoms with van der Waals surface area (Å²) in [4.78, 5) is 25.6. The van der Waals surface area contributed by atoms with Crippen LogP contribution in [0.4, 0.5) is 0 Å². The molecule has 0 amide bonds. The number of hydrogen-bond donors (Lipinski definition) is 0. The van der Waals surface area contributed by atoms with Crippen molar-refractivity contribution in [2.24, 2.45) is 0 Å². The fourth-order valence-electron chi connectivity index (χ4n) is 4.31. The summed E-state index contributed by atoms with van der Waals surface area (Å²) in [6.45, 7) is 4.07. The van der Waals surface area contributed by atoms with Crippen molar-refractivity contribution in [3.8, 4) is 22.3 Å². The lowest BCUT2D eigenvalue weighted by atomic mass is 9.77. The zero-order valence-electron chi connectivity index (χ0n) is 14.8. The van der Waals surface area contributed by atoms with Crippen LogP contribution in [0.2, 0.25) is 0 Å². The highest BCUT2D eigenvalue weighted by Gasteiger charge is 2.29. The van der Waals surface area contributed by atoms with Crippen LogP contribution in [0.1, 0.15) is 43.0 Å². The molecule has 3 aromatic carbocycles. The minimum atomic E-state index is 0.132. The van der Waals surface area contributed by atoms with Gasteiger partial charge in [0.1, 0.15) is 0 Å². The first-order chi connectivity index (χ1) is 12.5. The van der Waals surface area contributed by atoms with Gasteiger partial charge in [0, 0.05) is 24.0 Å². The van der Waals surface area contributed by atoms with Crippen molar-refractivity contribution in [1.29, 1.82) is 0 Å². The average molecular weight is 338 g/mol. The van der Waals surface area contributed by atoms with E-state index >= 15 is 0 Å². The summed E-state index contributed by atoms with van der Waals surface area (Å²) in [5.74, 6) is 0.264. The van der Waals surface area contributed by atoms with Gasteiger partial charge < -0.3 is 0 Å². The molecule has 0 bridgehead atoms. The lowest BCUT2D eigenvalue weighted by Crippen LogP contribution is -2.17. The first-order valence-electron chi connectivity index (χ1n) is 8.95. The van der Waals surface area contributed by atoms with Gasteiger partial charge in [0.2, 0.25) is 0 Å². The molecule has 26 heavy (non-hydrogen) atoms. The van der Waals surface area contributed by atoms with E-state index in [1.165, 1.54) is 0 Å². The zero-order valence-corrected chi connectivity index (χ0v) is 14.8. The summed E-state index contributed by atoms with van der Waals surface area (Å²) >= 11 is 0. The summed E-state index contributed by atoms with van der Waals surface area (Å²) < 4.78 is 0. The first-order valence-corrected chi connectivity index (χ1v) is 8.95. The van der Waals surface area contributed by atoms with Crippen LogP contribution in [0.5, 0.6) is 0 Å². The molecule has 0 saturated carbocycles. The molecule has 0 unspecified atom stereocenters. The van der Waals surface area contributed by atoms with E-state index in [1.807, 2.05) is 26.0 Å². The van der Waals surface area contributed by atoms with E-state index in [4.69, 9.17) is 0 Å². The SMILES string of the molecule is Cc1ccc2c(c1)CC(=O)c1cc3c(cc1-2)C(=O)Cc1cc(C)ccc1-3. The fraction of sp³-hybridized carbons (Fsp3) is 0.167. The van der Waals surface area contributed by atoms with Gasteiger partial charge in [-0.05, 0) is 59.4 Å². The lowest BCUT2D eigenvalue weighted by molar-refractivity contribution is 0.0980. The highest BCUT2D eigenvalue weighted by molar-refractivity contribution is 6.14. The highest BCUT2D eigenvalue weighted by Crippen LogP contribution is 2.41. The maximum absolute atomic E-state index is 12.8. The van der Waals surface area contributed by atoms with Crippen molar-refractivity contribution < 1.29 is 9.59 Å². The Morgan fingerprint density at radius 2 is 0.962 bits per heavy atom. The average Bonchev–Trinajstić information content (AvgIpc) is 2.60. The molecule has 2 aliphatic rings. The smallest absolute Gasteiger partial charge is 0.167 e. The third-order valence-corrected chi connectivity index (χ3v) is 5.56. The Morgan fingerprint density at radius 3 is 1.38 bits per heavy atom. The maximum atomic E-state index is 12.8. The molecule has 126 valence electrons. The minimum absolute atomic E-state index is 0.132. The third-order valence-electron chi connectivity index (χ3n) is 5.56. The van der Waals surface area contributed by atoms with Gasteiger partial charge in [-0.2, -0.15) is 0 Å². The number of rotatable bonds is 0.